The van der Waals surface area contributed by atoms with Crippen LogP contribution in [0.3, 0.4) is 0 Å². The minimum atomic E-state index is 0.789. The van der Waals surface area contributed by atoms with Crippen LogP contribution in [0, 0.1) is 6.92 Å². The summed E-state index contributed by atoms with van der Waals surface area (Å²) in [5.74, 6) is 1.58. The molecular formula is C13H12BO2. The summed E-state index contributed by atoms with van der Waals surface area (Å²) >= 11 is 0. The zero-order valence-electron chi connectivity index (χ0n) is 9.09. The van der Waals surface area contributed by atoms with Gasteiger partial charge in [-0.3, -0.25) is 0 Å². The molecule has 0 aliphatic carbocycles. The smallest absolute Gasteiger partial charge is 0.524 e. The Kier molecular flexibility index (Phi) is 3.49. The maximum atomic E-state index is 4.95. The predicted molar refractivity (Wildman–Crippen MR) is 64.6 cm³/mol. The molecule has 3 rings (SSSR count). The topological polar surface area (TPSA) is 18.5 Å². The van der Waals surface area contributed by atoms with E-state index in [1.54, 1.807) is 0 Å². The van der Waals surface area contributed by atoms with E-state index in [0.29, 0.717) is 0 Å². The van der Waals surface area contributed by atoms with E-state index >= 15 is 0 Å². The molecule has 79 valence electrons. The minimum absolute atomic E-state index is 0.789. The van der Waals surface area contributed by atoms with Gasteiger partial charge in [-0.2, -0.15) is 0 Å². The van der Waals surface area contributed by atoms with Gasteiger partial charge >= 0.3 is 7.69 Å². The van der Waals surface area contributed by atoms with Crippen molar-refractivity contribution in [2.75, 3.05) is 0 Å². The third-order valence-corrected chi connectivity index (χ3v) is 2.14. The number of rotatable bonds is 0. The van der Waals surface area contributed by atoms with Crippen molar-refractivity contribution in [1.29, 1.82) is 0 Å². The second-order valence-corrected chi connectivity index (χ2v) is 3.43. The second-order valence-electron chi connectivity index (χ2n) is 3.43. The summed E-state index contributed by atoms with van der Waals surface area (Å²) in [6.45, 7) is 2.08. The van der Waals surface area contributed by atoms with Crippen LogP contribution in [-0.2, 0) is 0 Å². The molecular weight excluding hydrogens is 199 g/mol. The summed E-state index contributed by atoms with van der Waals surface area (Å²) in [7, 11) is 1.32. The summed E-state index contributed by atoms with van der Waals surface area (Å²) in [5.41, 5.74) is 1.32. The van der Waals surface area contributed by atoms with E-state index in [-0.39, 0.29) is 0 Å². The van der Waals surface area contributed by atoms with Gasteiger partial charge < -0.3 is 9.31 Å². The maximum Gasteiger partial charge on any atom is 0.658 e. The highest BCUT2D eigenvalue weighted by atomic mass is 16.6. The zero-order valence-corrected chi connectivity index (χ0v) is 9.09. The van der Waals surface area contributed by atoms with Crippen molar-refractivity contribution >= 4 is 7.69 Å². The number of para-hydroxylation sites is 2. The number of hydrogen-bond acceptors (Lipinski definition) is 2. The lowest BCUT2D eigenvalue weighted by Gasteiger charge is -1.92. The molecule has 2 nitrogen and oxygen atoms in total. The number of hydrogen-bond donors (Lipinski definition) is 0. The Hall–Kier alpha value is -1.90. The van der Waals surface area contributed by atoms with Gasteiger partial charge in [0.25, 0.3) is 0 Å². The fraction of sp³-hybridized carbons (Fsp3) is 0.0769. The van der Waals surface area contributed by atoms with Crippen molar-refractivity contribution in [2.45, 2.75) is 6.92 Å². The van der Waals surface area contributed by atoms with E-state index in [0.717, 1.165) is 11.5 Å². The van der Waals surface area contributed by atoms with E-state index in [1.807, 2.05) is 42.5 Å². The molecule has 0 bridgehead atoms. The minimum Gasteiger partial charge on any atom is -0.524 e. The standard InChI is InChI=1S/C7H8.C6H4BO2/c1-7-5-3-2-4-6-7;1-2-4-6-5(3-1)8-7-9-6/h2-6H,1H3;1-4H. The van der Waals surface area contributed by atoms with Crippen molar-refractivity contribution in [3.8, 4) is 11.5 Å². The summed E-state index contributed by atoms with van der Waals surface area (Å²) in [5, 5.41) is 0. The van der Waals surface area contributed by atoms with Crippen LogP contribution in [0.4, 0.5) is 0 Å². The van der Waals surface area contributed by atoms with Crippen LogP contribution < -0.4 is 9.31 Å². The third-order valence-electron chi connectivity index (χ3n) is 2.14. The molecule has 0 amide bonds. The van der Waals surface area contributed by atoms with Crippen LogP contribution in [-0.4, -0.2) is 7.69 Å². The Morgan fingerprint density at radius 3 is 1.69 bits per heavy atom. The lowest BCUT2D eigenvalue weighted by molar-refractivity contribution is 0.541. The molecule has 1 radical (unpaired) electrons. The fourth-order valence-corrected chi connectivity index (χ4v) is 1.31. The van der Waals surface area contributed by atoms with Gasteiger partial charge in [-0.05, 0) is 19.1 Å². The van der Waals surface area contributed by atoms with Crippen LogP contribution >= 0.6 is 0 Å². The van der Waals surface area contributed by atoms with Gasteiger partial charge in [-0.15, -0.1) is 0 Å². The van der Waals surface area contributed by atoms with Crippen molar-refractivity contribution in [2.24, 2.45) is 0 Å². The molecule has 0 aromatic heterocycles. The fourth-order valence-electron chi connectivity index (χ4n) is 1.31. The van der Waals surface area contributed by atoms with E-state index < -0.39 is 0 Å². The predicted octanol–water partition coefficient (Wildman–Crippen LogP) is 2.99. The quantitative estimate of drug-likeness (QED) is 0.623. The molecule has 2 aromatic carbocycles. The normalized spacial score (nSPS) is 11.1. The van der Waals surface area contributed by atoms with Gasteiger partial charge in [0.15, 0.2) is 0 Å². The largest absolute Gasteiger partial charge is 0.658 e. The number of benzene rings is 2. The molecule has 0 fully saturated rings. The first-order valence-corrected chi connectivity index (χ1v) is 5.12. The second kappa shape index (κ2) is 5.26. The Morgan fingerprint density at radius 2 is 1.25 bits per heavy atom. The molecule has 0 spiro atoms. The Balaban J connectivity index is 0.000000125. The van der Waals surface area contributed by atoms with Crippen molar-refractivity contribution in [1.82, 2.24) is 0 Å². The van der Waals surface area contributed by atoms with Crippen LogP contribution in [0.2, 0.25) is 0 Å². The third kappa shape index (κ3) is 2.80. The number of aryl methyl sites for hydroxylation is 1. The highest BCUT2D eigenvalue weighted by Gasteiger charge is 2.14. The molecule has 0 saturated carbocycles. The van der Waals surface area contributed by atoms with Crippen molar-refractivity contribution < 1.29 is 9.31 Å². The molecule has 2 aromatic rings. The van der Waals surface area contributed by atoms with Gasteiger partial charge in [-0.25, -0.2) is 0 Å². The average molecular weight is 211 g/mol. The van der Waals surface area contributed by atoms with E-state index in [9.17, 15) is 0 Å². The molecule has 0 unspecified atom stereocenters. The lowest BCUT2D eigenvalue weighted by atomic mass is 10.2. The summed E-state index contributed by atoms with van der Waals surface area (Å²) < 4.78 is 9.90. The maximum absolute atomic E-state index is 4.95. The first-order chi connectivity index (χ1) is 7.86. The molecule has 0 saturated heterocycles. The van der Waals surface area contributed by atoms with Crippen LogP contribution in [0.5, 0.6) is 11.5 Å². The van der Waals surface area contributed by atoms with E-state index in [1.165, 1.54) is 13.2 Å². The molecule has 1 heterocycles. The summed E-state index contributed by atoms with van der Waals surface area (Å²) in [6.07, 6.45) is 0. The van der Waals surface area contributed by atoms with Crippen LogP contribution in [0.15, 0.2) is 54.6 Å². The SMILES string of the molecule is Cc1ccccc1.[B]1Oc2ccccc2O1. The molecule has 0 atom stereocenters. The van der Waals surface area contributed by atoms with Crippen LogP contribution in [0.25, 0.3) is 0 Å². The Bertz CT molecular complexity index is 420. The monoisotopic (exact) mass is 211 g/mol. The Morgan fingerprint density at radius 1 is 0.750 bits per heavy atom. The molecule has 3 heteroatoms. The Labute approximate surface area is 96.1 Å². The van der Waals surface area contributed by atoms with Crippen molar-refractivity contribution in [3.63, 3.8) is 0 Å². The van der Waals surface area contributed by atoms with E-state index in [4.69, 9.17) is 9.31 Å². The van der Waals surface area contributed by atoms with Crippen molar-refractivity contribution in [3.05, 3.63) is 60.2 Å². The van der Waals surface area contributed by atoms with Gasteiger partial charge in [-0.1, -0.05) is 48.0 Å². The number of fused-ring (bicyclic) bond motifs is 1. The van der Waals surface area contributed by atoms with Gasteiger partial charge in [0.1, 0.15) is 11.5 Å². The highest BCUT2D eigenvalue weighted by molar-refractivity contribution is 6.22. The van der Waals surface area contributed by atoms with Gasteiger partial charge in [0.05, 0.1) is 0 Å². The lowest BCUT2D eigenvalue weighted by Crippen LogP contribution is -1.99. The molecule has 0 N–H and O–H groups in total. The van der Waals surface area contributed by atoms with E-state index in [2.05, 4.69) is 19.1 Å². The molecule has 1 aliphatic rings. The molecule has 16 heavy (non-hydrogen) atoms. The molecule has 1 aliphatic heterocycles. The average Bonchev–Trinajstić information content (AvgIpc) is 2.79. The first-order valence-electron chi connectivity index (χ1n) is 5.12. The van der Waals surface area contributed by atoms with Gasteiger partial charge in [0, 0.05) is 0 Å². The first kappa shape index (κ1) is 10.6. The van der Waals surface area contributed by atoms with Gasteiger partial charge in [0.2, 0.25) is 0 Å². The summed E-state index contributed by atoms with van der Waals surface area (Å²) in [4.78, 5) is 0. The zero-order chi connectivity index (χ0) is 11.2. The van der Waals surface area contributed by atoms with Crippen LogP contribution in [0.1, 0.15) is 5.56 Å². The highest BCUT2D eigenvalue weighted by Crippen LogP contribution is 2.29. The summed E-state index contributed by atoms with van der Waals surface area (Å²) in [6, 6.07) is 17.8.